The topological polar surface area (TPSA) is 68.0 Å². The minimum atomic E-state index is -0.0562. The van der Waals surface area contributed by atoms with Crippen LogP contribution in [0, 0.1) is 12.8 Å². The Morgan fingerprint density at radius 3 is 2.72 bits per heavy atom. The lowest BCUT2D eigenvalue weighted by atomic mass is 10.1. The number of nitrogens with one attached hydrogen (secondary N) is 1. The molecule has 5 nitrogen and oxygen atoms in total. The summed E-state index contributed by atoms with van der Waals surface area (Å²) >= 11 is 0. The highest BCUT2D eigenvalue weighted by Gasteiger charge is 2.09. The zero-order chi connectivity index (χ0) is 13.1. The van der Waals surface area contributed by atoms with Crippen molar-refractivity contribution in [2.75, 3.05) is 5.32 Å². The molecule has 1 heterocycles. The van der Waals surface area contributed by atoms with E-state index in [1.54, 1.807) is 6.92 Å². The lowest BCUT2D eigenvalue weighted by molar-refractivity contribution is -0.118. The largest absolute Gasteiger partial charge is 0.421 e. The molecule has 0 unspecified atom stereocenters. The van der Waals surface area contributed by atoms with Crippen LogP contribution in [0.5, 0.6) is 0 Å². The van der Waals surface area contributed by atoms with E-state index in [-0.39, 0.29) is 11.8 Å². The molecule has 5 heteroatoms. The lowest BCUT2D eigenvalue weighted by Crippen LogP contribution is -2.17. The third-order valence-corrected chi connectivity index (χ3v) is 2.43. The van der Waals surface area contributed by atoms with Crippen LogP contribution >= 0.6 is 0 Å². The van der Waals surface area contributed by atoms with E-state index in [0.29, 0.717) is 11.8 Å². The second-order valence-electron chi connectivity index (χ2n) is 4.35. The van der Waals surface area contributed by atoms with Gasteiger partial charge in [-0.1, -0.05) is 19.9 Å². The predicted molar refractivity (Wildman–Crippen MR) is 67.9 cm³/mol. The van der Waals surface area contributed by atoms with Gasteiger partial charge < -0.3 is 9.73 Å². The first-order valence-electron chi connectivity index (χ1n) is 5.77. The van der Waals surface area contributed by atoms with Crippen LogP contribution in [0.15, 0.2) is 28.7 Å². The number of carbonyl (C=O) groups excluding carboxylic acids is 1. The van der Waals surface area contributed by atoms with Crippen molar-refractivity contribution in [1.82, 2.24) is 10.2 Å². The number of amides is 1. The summed E-state index contributed by atoms with van der Waals surface area (Å²) in [4.78, 5) is 11.6. The molecule has 0 saturated heterocycles. The Kier molecular flexibility index (Phi) is 3.41. The smallest absolute Gasteiger partial charge is 0.247 e. The van der Waals surface area contributed by atoms with Crippen molar-refractivity contribution in [3.8, 4) is 11.5 Å². The Hall–Kier alpha value is -2.17. The Labute approximate surface area is 105 Å². The molecule has 1 aromatic heterocycles. The van der Waals surface area contributed by atoms with Crippen molar-refractivity contribution in [2.24, 2.45) is 5.92 Å². The van der Waals surface area contributed by atoms with Gasteiger partial charge in [0, 0.05) is 24.1 Å². The van der Waals surface area contributed by atoms with Crippen LogP contribution in [0.3, 0.4) is 0 Å². The van der Waals surface area contributed by atoms with Crippen LogP contribution in [0.1, 0.15) is 19.7 Å². The highest BCUT2D eigenvalue weighted by Crippen LogP contribution is 2.21. The van der Waals surface area contributed by atoms with Gasteiger partial charge in [-0.15, -0.1) is 10.2 Å². The maximum Gasteiger partial charge on any atom is 0.247 e. The molecule has 0 spiro atoms. The molecule has 94 valence electrons. The van der Waals surface area contributed by atoms with E-state index in [0.717, 1.165) is 11.3 Å². The van der Waals surface area contributed by atoms with E-state index in [1.807, 2.05) is 38.1 Å². The molecule has 0 bridgehead atoms. The van der Waals surface area contributed by atoms with E-state index in [4.69, 9.17) is 4.42 Å². The van der Waals surface area contributed by atoms with E-state index < -0.39 is 0 Å². The van der Waals surface area contributed by atoms with Crippen molar-refractivity contribution in [3.05, 3.63) is 30.2 Å². The SMILES string of the molecule is Cc1nnc(-c2cccc(NC(=O)C(C)C)c2)o1. The molecule has 0 atom stereocenters. The van der Waals surface area contributed by atoms with Crippen molar-refractivity contribution < 1.29 is 9.21 Å². The van der Waals surface area contributed by atoms with Crippen LogP contribution in [0.4, 0.5) is 5.69 Å². The molecule has 2 rings (SSSR count). The van der Waals surface area contributed by atoms with Gasteiger partial charge in [-0.2, -0.15) is 0 Å². The molecule has 0 aliphatic rings. The molecule has 0 aliphatic carbocycles. The zero-order valence-corrected chi connectivity index (χ0v) is 10.6. The summed E-state index contributed by atoms with van der Waals surface area (Å²) in [5, 5.41) is 10.5. The summed E-state index contributed by atoms with van der Waals surface area (Å²) in [6, 6.07) is 7.34. The van der Waals surface area contributed by atoms with Crippen LogP contribution in [0.2, 0.25) is 0 Å². The average Bonchev–Trinajstić information content (AvgIpc) is 2.76. The van der Waals surface area contributed by atoms with Crippen molar-refractivity contribution >= 4 is 11.6 Å². The minimum Gasteiger partial charge on any atom is -0.421 e. The molecule has 1 amide bonds. The van der Waals surface area contributed by atoms with Gasteiger partial charge in [0.15, 0.2) is 0 Å². The molecular weight excluding hydrogens is 230 g/mol. The molecule has 0 radical (unpaired) electrons. The zero-order valence-electron chi connectivity index (χ0n) is 10.6. The molecule has 0 fully saturated rings. The molecule has 2 aromatic rings. The number of carbonyl (C=O) groups is 1. The van der Waals surface area contributed by atoms with Gasteiger partial charge in [-0.3, -0.25) is 4.79 Å². The Morgan fingerprint density at radius 2 is 2.11 bits per heavy atom. The third kappa shape index (κ3) is 2.74. The van der Waals surface area contributed by atoms with Gasteiger partial charge in [0.2, 0.25) is 17.7 Å². The number of nitrogens with zero attached hydrogens (tertiary/aromatic N) is 2. The molecule has 0 saturated carbocycles. The van der Waals surface area contributed by atoms with Crippen molar-refractivity contribution in [3.63, 3.8) is 0 Å². The maximum atomic E-state index is 11.6. The summed E-state index contributed by atoms with van der Waals surface area (Å²) in [6.07, 6.45) is 0. The first-order chi connectivity index (χ1) is 8.56. The molecule has 1 aromatic carbocycles. The fourth-order valence-corrected chi connectivity index (χ4v) is 1.43. The quantitative estimate of drug-likeness (QED) is 0.902. The first kappa shape index (κ1) is 12.3. The van der Waals surface area contributed by atoms with Crippen LogP contribution in [0.25, 0.3) is 11.5 Å². The highest BCUT2D eigenvalue weighted by molar-refractivity contribution is 5.92. The summed E-state index contributed by atoms with van der Waals surface area (Å²) in [7, 11) is 0. The Morgan fingerprint density at radius 1 is 1.33 bits per heavy atom. The van der Waals surface area contributed by atoms with Crippen LogP contribution < -0.4 is 5.32 Å². The second kappa shape index (κ2) is 5.00. The van der Waals surface area contributed by atoms with E-state index >= 15 is 0 Å². The average molecular weight is 245 g/mol. The number of hydrogen-bond donors (Lipinski definition) is 1. The minimum absolute atomic E-state index is 0.0196. The fraction of sp³-hybridized carbons (Fsp3) is 0.308. The van der Waals surface area contributed by atoms with Gasteiger partial charge in [-0.25, -0.2) is 0 Å². The number of benzene rings is 1. The predicted octanol–water partition coefficient (Wildman–Crippen LogP) is 2.64. The van der Waals surface area contributed by atoms with E-state index in [2.05, 4.69) is 15.5 Å². The van der Waals surface area contributed by atoms with Crippen LogP contribution in [-0.2, 0) is 4.79 Å². The van der Waals surface area contributed by atoms with Crippen LogP contribution in [-0.4, -0.2) is 16.1 Å². The van der Waals surface area contributed by atoms with Crippen molar-refractivity contribution in [1.29, 1.82) is 0 Å². The fourth-order valence-electron chi connectivity index (χ4n) is 1.43. The molecule has 18 heavy (non-hydrogen) atoms. The van der Waals surface area contributed by atoms with Gasteiger partial charge in [-0.05, 0) is 18.2 Å². The summed E-state index contributed by atoms with van der Waals surface area (Å²) < 4.78 is 5.34. The highest BCUT2D eigenvalue weighted by atomic mass is 16.4. The summed E-state index contributed by atoms with van der Waals surface area (Å²) in [5.74, 6) is 0.892. The second-order valence-corrected chi connectivity index (χ2v) is 4.35. The normalized spacial score (nSPS) is 10.7. The van der Waals surface area contributed by atoms with Gasteiger partial charge >= 0.3 is 0 Å². The lowest BCUT2D eigenvalue weighted by Gasteiger charge is -2.08. The number of hydrogen-bond acceptors (Lipinski definition) is 4. The summed E-state index contributed by atoms with van der Waals surface area (Å²) in [6.45, 7) is 5.43. The Bertz CT molecular complexity index is 561. The maximum absolute atomic E-state index is 11.6. The summed E-state index contributed by atoms with van der Waals surface area (Å²) in [5.41, 5.74) is 1.51. The van der Waals surface area contributed by atoms with Gasteiger partial charge in [0.1, 0.15) is 0 Å². The van der Waals surface area contributed by atoms with Crippen molar-refractivity contribution in [2.45, 2.75) is 20.8 Å². The standard InChI is InChI=1S/C13H15N3O2/c1-8(2)12(17)14-11-6-4-5-10(7-11)13-16-15-9(3)18-13/h4-8H,1-3H3,(H,14,17). The van der Waals surface area contributed by atoms with Gasteiger partial charge in [0.05, 0.1) is 0 Å². The number of aromatic nitrogens is 2. The monoisotopic (exact) mass is 245 g/mol. The Balaban J connectivity index is 2.23. The number of rotatable bonds is 3. The van der Waals surface area contributed by atoms with E-state index in [1.165, 1.54) is 0 Å². The number of anilines is 1. The first-order valence-corrected chi connectivity index (χ1v) is 5.77. The molecule has 1 N–H and O–H groups in total. The third-order valence-electron chi connectivity index (χ3n) is 2.43. The molecule has 0 aliphatic heterocycles. The molecular formula is C13H15N3O2. The van der Waals surface area contributed by atoms with Gasteiger partial charge in [0.25, 0.3) is 0 Å². The van der Waals surface area contributed by atoms with E-state index in [9.17, 15) is 4.79 Å². The number of aryl methyl sites for hydroxylation is 1.